The number of nitrogens with zero attached hydrogens (tertiary/aromatic N) is 3. The Balaban J connectivity index is 0. The molecule has 3 aromatic rings. The predicted molar refractivity (Wildman–Crippen MR) is 115 cm³/mol. The van der Waals surface area contributed by atoms with Crippen LogP contribution in [0.25, 0.3) is 0 Å². The molecule has 0 aliphatic carbocycles. The van der Waals surface area contributed by atoms with Gasteiger partial charge in [0, 0.05) is 6.20 Å². The largest absolute Gasteiger partial charge is 2.00 e. The Bertz CT molecular complexity index is 994. The van der Waals surface area contributed by atoms with Gasteiger partial charge >= 0.3 is 52.5 Å². The minimum atomic E-state index is -10.7. The predicted octanol–water partition coefficient (Wildman–Crippen LogP) is 6.70. The second kappa shape index (κ2) is 13.1. The fourth-order valence-corrected chi connectivity index (χ4v) is 1.99. The van der Waals surface area contributed by atoms with Crippen molar-refractivity contribution in [2.45, 2.75) is 26.7 Å². The number of aromatic hydroxyl groups is 1. The maximum atomic E-state index is 9.87. The van der Waals surface area contributed by atoms with Crippen molar-refractivity contribution in [3.63, 3.8) is 0 Å². The number of phenols is 1. The summed E-state index contributed by atoms with van der Waals surface area (Å²) in [5.74, 6) is 1.43. The van der Waals surface area contributed by atoms with Crippen LogP contribution in [0, 0.1) is 6.92 Å². The van der Waals surface area contributed by atoms with E-state index in [0.717, 1.165) is 0 Å². The summed E-state index contributed by atoms with van der Waals surface area (Å²) in [6, 6.07) is 20.6. The molecule has 1 aromatic heterocycles. The minimum absolute atomic E-state index is 0. The molecular formula is C21H23ClF6N3OPRu. The second-order valence-corrected chi connectivity index (χ2v) is 8.84. The van der Waals surface area contributed by atoms with E-state index in [1.54, 1.807) is 36.5 Å². The molecule has 4 nitrogen and oxygen atoms in total. The zero-order chi connectivity index (χ0) is 24.5. The van der Waals surface area contributed by atoms with Crippen LogP contribution in [0.5, 0.6) is 5.75 Å². The van der Waals surface area contributed by atoms with Crippen molar-refractivity contribution >= 4 is 19.3 Å². The fourth-order valence-electron chi connectivity index (χ4n) is 1.99. The number of phenolic OH excluding ortho intramolecular Hbond substituents is 1. The summed E-state index contributed by atoms with van der Waals surface area (Å²) in [5.41, 5.74) is 3.44. The average molecular weight is 615 g/mol. The maximum Gasteiger partial charge on any atom is 2.00 e. The Hall–Kier alpha value is -2.09. The molecule has 2 aromatic carbocycles. The van der Waals surface area contributed by atoms with Crippen molar-refractivity contribution in [1.82, 2.24) is 4.98 Å². The number of halogens is 7. The first-order valence-corrected chi connectivity index (χ1v) is 11.3. The molecule has 13 heteroatoms. The van der Waals surface area contributed by atoms with Crippen LogP contribution in [-0.2, 0) is 19.5 Å². The van der Waals surface area contributed by atoms with Crippen molar-refractivity contribution in [1.29, 1.82) is 0 Å². The summed E-state index contributed by atoms with van der Waals surface area (Å²) in [6.07, 6.45) is 1.66. The summed E-state index contributed by atoms with van der Waals surface area (Å²) < 4.78 is 59.2. The van der Waals surface area contributed by atoms with Crippen molar-refractivity contribution < 1.29 is 62.2 Å². The van der Waals surface area contributed by atoms with E-state index in [0.29, 0.717) is 17.4 Å². The standard InChI is InChI=1S/C11H9N3O.C10H14.ClH.F6P.Ru/c15-10-6-4-9(5-7-10)13-14-11-3-1-2-8-12-11;1-8(2)10-6-4-9(3)5-7-10;;1-7(2,3,4,5)6;/h1-8,15H;4-8H,1-3H3;1H;;/q;;;-1;+2/p-1. The molecule has 0 aliphatic heterocycles. The number of aryl methyl sites for hydroxylation is 1. The first-order valence-electron chi connectivity index (χ1n) is 9.24. The van der Waals surface area contributed by atoms with Crippen molar-refractivity contribution in [3.8, 4) is 5.75 Å². The first kappa shape index (κ1) is 34.1. The van der Waals surface area contributed by atoms with Crippen LogP contribution in [0.4, 0.5) is 36.7 Å². The smallest absolute Gasteiger partial charge is 1.00 e. The average Bonchev–Trinajstić information content (AvgIpc) is 2.67. The fraction of sp³-hybridized carbons (Fsp3) is 0.190. The molecule has 0 spiro atoms. The van der Waals surface area contributed by atoms with E-state index in [-0.39, 0.29) is 37.6 Å². The van der Waals surface area contributed by atoms with Gasteiger partial charge in [0.2, 0.25) is 0 Å². The van der Waals surface area contributed by atoms with Crippen LogP contribution in [0.3, 0.4) is 0 Å². The van der Waals surface area contributed by atoms with Gasteiger partial charge in [0.1, 0.15) is 5.75 Å². The van der Waals surface area contributed by atoms with Crippen LogP contribution >= 0.6 is 7.81 Å². The van der Waals surface area contributed by atoms with Gasteiger partial charge in [0.25, 0.3) is 0 Å². The molecule has 0 aliphatic rings. The third-order valence-electron chi connectivity index (χ3n) is 3.51. The van der Waals surface area contributed by atoms with Crippen molar-refractivity contribution in [2.24, 2.45) is 10.2 Å². The second-order valence-electron chi connectivity index (χ2n) is 6.93. The summed E-state index contributed by atoms with van der Waals surface area (Å²) in [6.45, 7) is 6.54. The number of benzene rings is 2. The van der Waals surface area contributed by atoms with Crippen LogP contribution in [0.1, 0.15) is 30.9 Å². The summed E-state index contributed by atoms with van der Waals surface area (Å²) in [4.78, 5) is 4.00. The number of pyridine rings is 1. The molecule has 0 saturated heterocycles. The summed E-state index contributed by atoms with van der Waals surface area (Å²) >= 11 is 0. The Morgan fingerprint density at radius 3 is 1.71 bits per heavy atom. The SMILES string of the molecule is Cc1ccc(C(C)C)cc1.F[P-](F)(F)(F)(F)F.Oc1ccc(N=Nc2ccccn2)cc1.[Cl-].[Ru+2]. The molecular weight excluding hydrogens is 592 g/mol. The minimum Gasteiger partial charge on any atom is -1.00 e. The number of azo groups is 1. The van der Waals surface area contributed by atoms with E-state index < -0.39 is 7.81 Å². The topological polar surface area (TPSA) is 57.8 Å². The van der Waals surface area contributed by atoms with E-state index >= 15 is 0 Å². The number of hydrogen-bond donors (Lipinski definition) is 1. The number of rotatable bonds is 3. The van der Waals surface area contributed by atoms with Gasteiger partial charge in [-0.3, -0.25) is 0 Å². The van der Waals surface area contributed by atoms with Gasteiger partial charge in [-0.05, 0) is 54.8 Å². The molecule has 0 bridgehead atoms. The van der Waals surface area contributed by atoms with Crippen LogP contribution < -0.4 is 12.4 Å². The molecule has 0 atom stereocenters. The van der Waals surface area contributed by atoms with Crippen molar-refractivity contribution in [2.75, 3.05) is 0 Å². The molecule has 34 heavy (non-hydrogen) atoms. The first-order chi connectivity index (χ1) is 14.5. The van der Waals surface area contributed by atoms with Gasteiger partial charge < -0.3 is 17.5 Å². The zero-order valence-electron chi connectivity index (χ0n) is 18.2. The monoisotopic (exact) mass is 615 g/mol. The zero-order valence-corrected chi connectivity index (χ0v) is 21.6. The third kappa shape index (κ3) is 20.5. The Kier molecular flexibility index (Phi) is 13.2. The Morgan fingerprint density at radius 2 is 1.29 bits per heavy atom. The molecule has 0 unspecified atom stereocenters. The van der Waals surface area contributed by atoms with E-state index in [1.807, 2.05) is 12.1 Å². The Labute approximate surface area is 212 Å². The summed E-state index contributed by atoms with van der Waals surface area (Å²) in [5, 5.41) is 17.0. The van der Waals surface area contributed by atoms with Crippen LogP contribution in [-0.4, -0.2) is 10.1 Å². The molecule has 190 valence electrons. The van der Waals surface area contributed by atoms with Gasteiger partial charge in [-0.1, -0.05) is 49.7 Å². The van der Waals surface area contributed by atoms with E-state index in [4.69, 9.17) is 5.11 Å². The molecule has 1 heterocycles. The molecule has 3 rings (SSSR count). The quantitative estimate of drug-likeness (QED) is 0.154. The number of aromatic nitrogens is 1. The van der Waals surface area contributed by atoms with Gasteiger partial charge in [-0.2, -0.15) is 0 Å². The van der Waals surface area contributed by atoms with Crippen LogP contribution in [0.15, 0.2) is 83.2 Å². The maximum absolute atomic E-state index is 10.7. The van der Waals surface area contributed by atoms with Crippen LogP contribution in [0.2, 0.25) is 0 Å². The normalized spacial score (nSPS) is 12.5. The molecule has 0 radical (unpaired) electrons. The van der Waals surface area contributed by atoms with Gasteiger partial charge in [0.15, 0.2) is 5.82 Å². The van der Waals surface area contributed by atoms with Gasteiger partial charge in [0.05, 0.1) is 5.69 Å². The third-order valence-corrected chi connectivity index (χ3v) is 3.51. The van der Waals surface area contributed by atoms with E-state index in [2.05, 4.69) is 60.2 Å². The van der Waals surface area contributed by atoms with E-state index in [1.165, 1.54) is 11.1 Å². The number of hydrogen-bond acceptors (Lipinski definition) is 4. The molecule has 0 amide bonds. The van der Waals surface area contributed by atoms with Gasteiger partial charge in [-0.25, -0.2) is 4.98 Å². The molecule has 0 fully saturated rings. The summed E-state index contributed by atoms with van der Waals surface area (Å²) in [7, 11) is -10.7. The Morgan fingerprint density at radius 1 is 0.794 bits per heavy atom. The van der Waals surface area contributed by atoms with Crippen molar-refractivity contribution in [3.05, 3.63) is 84.1 Å². The van der Waals surface area contributed by atoms with E-state index in [9.17, 15) is 25.2 Å². The van der Waals surface area contributed by atoms with Gasteiger partial charge in [-0.15, -0.1) is 10.2 Å². The molecule has 1 N–H and O–H groups in total. The molecule has 0 saturated carbocycles.